The molecule has 40 heavy (non-hydrogen) atoms. The molecule has 0 aliphatic heterocycles. The number of aromatic carboxylic acids is 1. The zero-order valence-electron chi connectivity index (χ0n) is 22.5. The van der Waals surface area contributed by atoms with E-state index in [1.54, 1.807) is 30.3 Å². The second-order valence-corrected chi connectivity index (χ2v) is 9.69. The third-order valence-electron chi connectivity index (χ3n) is 7.36. The highest BCUT2D eigenvalue weighted by Crippen LogP contribution is 2.29. The largest absolute Gasteiger partial charge is 0.493 e. The number of amides is 1. The minimum Gasteiger partial charge on any atom is -0.493 e. The summed E-state index contributed by atoms with van der Waals surface area (Å²) in [6.07, 6.45) is 0. The number of hydrogen-bond acceptors (Lipinski definition) is 3. The van der Waals surface area contributed by atoms with Gasteiger partial charge in [0.1, 0.15) is 0 Å². The molecule has 0 unspecified atom stereocenters. The van der Waals surface area contributed by atoms with Gasteiger partial charge in [0.25, 0.3) is 5.91 Å². The van der Waals surface area contributed by atoms with Crippen molar-refractivity contribution in [3.63, 3.8) is 0 Å². The molecule has 0 saturated carbocycles. The summed E-state index contributed by atoms with van der Waals surface area (Å²) < 4.78 is 21.3. The van der Waals surface area contributed by atoms with Crippen molar-refractivity contribution >= 4 is 22.8 Å². The van der Waals surface area contributed by atoms with Crippen LogP contribution in [0.4, 0.5) is 4.39 Å². The number of hydrogen-bond donors (Lipinski definition) is 2. The van der Waals surface area contributed by atoms with Gasteiger partial charge in [0.15, 0.2) is 11.6 Å². The molecule has 0 spiro atoms. The fourth-order valence-electron chi connectivity index (χ4n) is 5.09. The molecule has 0 bridgehead atoms. The number of carboxylic acids is 1. The number of carbonyl (C=O) groups excluding carboxylic acids is 1. The van der Waals surface area contributed by atoms with Crippen LogP contribution in [0.15, 0.2) is 84.9 Å². The van der Waals surface area contributed by atoms with Crippen LogP contribution in [0.3, 0.4) is 0 Å². The Morgan fingerprint density at radius 3 is 2.42 bits per heavy atom. The zero-order chi connectivity index (χ0) is 28.4. The predicted octanol–water partition coefficient (Wildman–Crippen LogP) is 6.75. The molecule has 0 aliphatic carbocycles. The normalized spacial score (nSPS) is 11.0. The van der Waals surface area contributed by atoms with Crippen molar-refractivity contribution in [1.82, 2.24) is 9.88 Å². The fraction of sp³-hybridized carbons (Fsp3) is 0.152. The van der Waals surface area contributed by atoms with Crippen molar-refractivity contribution in [3.8, 4) is 16.9 Å². The van der Waals surface area contributed by atoms with Crippen molar-refractivity contribution < 1.29 is 23.8 Å². The first kappa shape index (κ1) is 26.7. The summed E-state index contributed by atoms with van der Waals surface area (Å²) in [6.45, 7) is 4.87. The van der Waals surface area contributed by atoms with E-state index in [9.17, 15) is 19.1 Å². The fourth-order valence-corrected chi connectivity index (χ4v) is 5.09. The van der Waals surface area contributed by atoms with Crippen LogP contribution in [0.5, 0.6) is 5.75 Å². The summed E-state index contributed by atoms with van der Waals surface area (Å²) in [5.41, 5.74) is 7.15. The van der Waals surface area contributed by atoms with Crippen LogP contribution >= 0.6 is 0 Å². The number of carbonyl (C=O) groups is 2. The molecule has 0 saturated heterocycles. The number of nitrogens with one attached hydrogen (secondary N) is 1. The van der Waals surface area contributed by atoms with Crippen molar-refractivity contribution in [2.45, 2.75) is 26.9 Å². The Morgan fingerprint density at radius 2 is 1.70 bits per heavy atom. The number of carboxylic acid groups (broad SMARTS) is 1. The Labute approximate surface area is 231 Å². The van der Waals surface area contributed by atoms with E-state index in [0.717, 1.165) is 33.3 Å². The maximum atomic E-state index is 14.0. The molecule has 0 atom stereocenters. The molecule has 1 aromatic heterocycles. The Hall–Kier alpha value is -4.91. The summed E-state index contributed by atoms with van der Waals surface area (Å²) in [7, 11) is 1.40. The van der Waals surface area contributed by atoms with Crippen LogP contribution < -0.4 is 10.1 Å². The van der Waals surface area contributed by atoms with E-state index >= 15 is 0 Å². The van der Waals surface area contributed by atoms with Crippen molar-refractivity contribution in [3.05, 3.63) is 124 Å². The van der Waals surface area contributed by atoms with Crippen LogP contribution in [0, 0.1) is 19.7 Å². The molecule has 4 aromatic carbocycles. The highest BCUT2D eigenvalue weighted by molar-refractivity contribution is 5.99. The molecule has 1 amide bonds. The third kappa shape index (κ3) is 5.06. The number of aromatic nitrogens is 1. The monoisotopic (exact) mass is 536 g/mol. The van der Waals surface area contributed by atoms with Gasteiger partial charge in [-0.2, -0.15) is 0 Å². The van der Waals surface area contributed by atoms with Crippen LogP contribution in [0.25, 0.3) is 22.0 Å². The molecule has 202 valence electrons. The molecule has 1 heterocycles. The minimum atomic E-state index is -0.952. The third-order valence-corrected chi connectivity index (χ3v) is 7.36. The van der Waals surface area contributed by atoms with Gasteiger partial charge in [-0.15, -0.1) is 0 Å². The molecular formula is C33H29FN2O4. The summed E-state index contributed by atoms with van der Waals surface area (Å²) in [6, 6.07) is 25.1. The number of fused-ring (bicyclic) bond motifs is 1. The van der Waals surface area contributed by atoms with E-state index in [1.807, 2.05) is 55.5 Å². The number of benzene rings is 4. The summed E-state index contributed by atoms with van der Waals surface area (Å²) in [5, 5.41) is 13.4. The Bertz CT molecular complexity index is 1740. The molecule has 6 nitrogen and oxygen atoms in total. The van der Waals surface area contributed by atoms with Gasteiger partial charge >= 0.3 is 5.97 Å². The highest BCUT2D eigenvalue weighted by Gasteiger charge is 2.16. The van der Waals surface area contributed by atoms with Crippen LogP contribution in [-0.4, -0.2) is 28.7 Å². The van der Waals surface area contributed by atoms with Crippen molar-refractivity contribution in [2.24, 2.45) is 0 Å². The maximum absolute atomic E-state index is 14.0. The number of aryl methyl sites for hydroxylation is 1. The molecule has 0 fully saturated rings. The summed E-state index contributed by atoms with van der Waals surface area (Å²) in [4.78, 5) is 24.6. The number of methoxy groups -OCH3 is 1. The van der Waals surface area contributed by atoms with Crippen molar-refractivity contribution in [1.29, 1.82) is 0 Å². The highest BCUT2D eigenvalue weighted by atomic mass is 19.1. The van der Waals surface area contributed by atoms with Gasteiger partial charge < -0.3 is 19.7 Å². The quantitative estimate of drug-likeness (QED) is 0.230. The zero-order valence-corrected chi connectivity index (χ0v) is 22.5. The van der Waals surface area contributed by atoms with Gasteiger partial charge in [-0.3, -0.25) is 4.79 Å². The van der Waals surface area contributed by atoms with E-state index in [4.69, 9.17) is 4.74 Å². The number of halogens is 1. The van der Waals surface area contributed by atoms with Crippen LogP contribution in [-0.2, 0) is 13.1 Å². The van der Waals surface area contributed by atoms with Crippen molar-refractivity contribution in [2.75, 3.05) is 7.11 Å². The first-order chi connectivity index (χ1) is 19.3. The lowest BCUT2D eigenvalue weighted by Gasteiger charge is -2.12. The van der Waals surface area contributed by atoms with Crippen LogP contribution in [0.2, 0.25) is 0 Å². The predicted molar refractivity (Wildman–Crippen MR) is 153 cm³/mol. The molecule has 2 N–H and O–H groups in total. The molecule has 5 aromatic rings. The number of ether oxygens (including phenoxy) is 1. The molecule has 7 heteroatoms. The number of nitrogens with zero attached hydrogens (tertiary/aromatic N) is 1. The van der Waals surface area contributed by atoms with Gasteiger partial charge in [0.2, 0.25) is 0 Å². The van der Waals surface area contributed by atoms with Gasteiger partial charge in [0, 0.05) is 40.8 Å². The lowest BCUT2D eigenvalue weighted by atomic mass is 9.99. The average Bonchev–Trinajstić information content (AvgIpc) is 3.20. The standard InChI is InChI=1S/C33H29FN2O4/c1-20-21(2)36(19-22-11-13-23(14-12-22)26-8-4-5-9-27(26)33(38)39)30-16-15-24(17-28(20)30)32(37)35-18-25-7-6-10-29(34)31(25)40-3/h4-17H,18-19H2,1-3H3,(H,35,37)(H,38,39). The van der Waals surface area contributed by atoms with E-state index in [0.29, 0.717) is 23.2 Å². The second-order valence-electron chi connectivity index (χ2n) is 9.69. The second kappa shape index (κ2) is 11.1. The van der Waals surface area contributed by atoms with Gasteiger partial charge in [-0.05, 0) is 66.4 Å². The Balaban J connectivity index is 1.37. The van der Waals surface area contributed by atoms with E-state index in [1.165, 1.54) is 13.2 Å². The molecule has 0 aliphatic rings. The topological polar surface area (TPSA) is 80.6 Å². The van der Waals surface area contributed by atoms with Crippen LogP contribution in [0.1, 0.15) is 43.1 Å². The Kier molecular flexibility index (Phi) is 7.38. The lowest BCUT2D eigenvalue weighted by Crippen LogP contribution is -2.23. The average molecular weight is 537 g/mol. The SMILES string of the molecule is COc1c(F)cccc1CNC(=O)c1ccc2c(c1)c(C)c(C)n2Cc1ccc(-c2ccccc2C(=O)O)cc1. The molecular weight excluding hydrogens is 507 g/mol. The number of para-hydroxylation sites is 1. The smallest absolute Gasteiger partial charge is 0.336 e. The maximum Gasteiger partial charge on any atom is 0.336 e. The molecule has 0 radical (unpaired) electrons. The Morgan fingerprint density at radius 1 is 0.950 bits per heavy atom. The van der Waals surface area contributed by atoms with Gasteiger partial charge in [-0.25, -0.2) is 9.18 Å². The van der Waals surface area contributed by atoms with E-state index in [-0.39, 0.29) is 23.8 Å². The lowest BCUT2D eigenvalue weighted by molar-refractivity contribution is 0.0697. The van der Waals surface area contributed by atoms with Gasteiger partial charge in [0.05, 0.1) is 12.7 Å². The summed E-state index contributed by atoms with van der Waals surface area (Å²) >= 11 is 0. The summed E-state index contributed by atoms with van der Waals surface area (Å²) in [5.74, 6) is -1.55. The first-order valence-corrected chi connectivity index (χ1v) is 12.9. The van der Waals surface area contributed by atoms with E-state index < -0.39 is 11.8 Å². The first-order valence-electron chi connectivity index (χ1n) is 12.9. The van der Waals surface area contributed by atoms with E-state index in [2.05, 4.69) is 16.8 Å². The number of rotatable bonds is 8. The molecule has 5 rings (SSSR count). The van der Waals surface area contributed by atoms with Gasteiger partial charge in [-0.1, -0.05) is 54.6 Å². The minimum absolute atomic E-state index is 0.126.